The van der Waals surface area contributed by atoms with Gasteiger partial charge in [-0.3, -0.25) is 0 Å². The maximum atomic E-state index is 5.53. The van der Waals surface area contributed by atoms with Gasteiger partial charge in [0, 0.05) is 25.1 Å². The van der Waals surface area contributed by atoms with E-state index in [0.717, 1.165) is 18.9 Å². The second kappa shape index (κ2) is 6.53. The van der Waals surface area contributed by atoms with E-state index < -0.39 is 0 Å². The molecule has 0 saturated carbocycles. The zero-order chi connectivity index (χ0) is 16.4. The van der Waals surface area contributed by atoms with Crippen LogP contribution in [0.15, 0.2) is 24.3 Å². The first kappa shape index (κ1) is 15.7. The minimum atomic E-state index is 0.799. The van der Waals surface area contributed by atoms with E-state index in [9.17, 15) is 0 Å². The molecule has 2 heterocycles. The summed E-state index contributed by atoms with van der Waals surface area (Å²) in [6.07, 6.45) is 7.05. The molecule has 2 aliphatic rings. The van der Waals surface area contributed by atoms with Crippen LogP contribution in [0.4, 0.5) is 5.69 Å². The third kappa shape index (κ3) is 3.29. The van der Waals surface area contributed by atoms with Crippen LogP contribution in [0.3, 0.4) is 0 Å². The molecule has 4 rings (SSSR count). The van der Waals surface area contributed by atoms with Crippen LogP contribution < -0.4 is 20.2 Å². The molecule has 0 bridgehead atoms. The molecule has 3 nitrogen and oxygen atoms in total. The predicted octanol–water partition coefficient (Wildman–Crippen LogP) is 2.51. The van der Waals surface area contributed by atoms with Crippen molar-refractivity contribution in [2.24, 2.45) is 7.05 Å². The van der Waals surface area contributed by atoms with Gasteiger partial charge in [-0.2, -0.15) is 0 Å². The Morgan fingerprint density at radius 3 is 2.57 bits per heavy atom. The van der Waals surface area contributed by atoms with E-state index in [1.54, 1.807) is 0 Å². The molecule has 0 radical (unpaired) electrons. The lowest BCUT2D eigenvalue weighted by Crippen LogP contribution is -2.29. The van der Waals surface area contributed by atoms with Crippen LogP contribution in [0, 0.1) is 13.8 Å². The number of fused-ring (bicyclic) bond motifs is 2. The first-order valence-corrected chi connectivity index (χ1v) is 8.33. The van der Waals surface area contributed by atoms with Crippen LogP contribution in [-0.2, 0) is 7.05 Å². The minimum absolute atomic E-state index is 0.799. The Morgan fingerprint density at radius 2 is 1.78 bits per heavy atom. The molecule has 0 amide bonds. The van der Waals surface area contributed by atoms with Crippen molar-refractivity contribution in [2.75, 3.05) is 25.1 Å². The first-order valence-electron chi connectivity index (χ1n) is 8.33. The number of likely N-dealkylation sites (N-methyl/N-ethyl adjacent to an activating group) is 1. The van der Waals surface area contributed by atoms with Crippen LogP contribution in [-0.4, -0.2) is 24.8 Å². The van der Waals surface area contributed by atoms with E-state index in [4.69, 9.17) is 4.74 Å². The largest absolute Gasteiger partial charge is 0.490 e. The number of rotatable bonds is 0. The van der Waals surface area contributed by atoms with Gasteiger partial charge < -0.3 is 14.2 Å². The van der Waals surface area contributed by atoms with Crippen molar-refractivity contribution < 1.29 is 4.74 Å². The number of aryl methyl sites for hydroxylation is 2. The molecule has 3 heteroatoms. The summed E-state index contributed by atoms with van der Waals surface area (Å²) >= 11 is 0. The topological polar surface area (TPSA) is 17.4 Å². The minimum Gasteiger partial charge on any atom is -0.490 e. The quantitative estimate of drug-likeness (QED) is 0.744. The van der Waals surface area contributed by atoms with Gasteiger partial charge in [-0.25, -0.2) is 0 Å². The normalized spacial score (nSPS) is 15.2. The number of benzene rings is 1. The Kier molecular flexibility index (Phi) is 4.46. The van der Waals surface area contributed by atoms with E-state index in [2.05, 4.69) is 73.8 Å². The number of ether oxygens (including phenoxy) is 1. The van der Waals surface area contributed by atoms with Gasteiger partial charge in [-0.15, -0.1) is 0 Å². The van der Waals surface area contributed by atoms with Gasteiger partial charge in [0.25, 0.3) is 0 Å². The molecule has 0 saturated heterocycles. The van der Waals surface area contributed by atoms with Crippen molar-refractivity contribution in [3.63, 3.8) is 0 Å². The average Bonchev–Trinajstić information content (AvgIpc) is 2.83. The summed E-state index contributed by atoms with van der Waals surface area (Å²) < 4.78 is 7.79. The van der Waals surface area contributed by atoms with E-state index >= 15 is 0 Å². The molecule has 2 aromatic rings. The molecule has 122 valence electrons. The van der Waals surface area contributed by atoms with Gasteiger partial charge in [0.1, 0.15) is 12.4 Å². The highest BCUT2D eigenvalue weighted by atomic mass is 16.5. The lowest BCUT2D eigenvalue weighted by Gasteiger charge is -2.27. The fraction of sp³-hybridized carbons (Fsp3) is 0.400. The first-order chi connectivity index (χ1) is 11.1. The second-order valence-electron chi connectivity index (χ2n) is 6.41. The van der Waals surface area contributed by atoms with E-state index in [-0.39, 0.29) is 0 Å². The number of hydrogen-bond donors (Lipinski definition) is 0. The maximum absolute atomic E-state index is 5.53. The molecular formula is C20H26N2O. The molecule has 1 aromatic heterocycles. The van der Waals surface area contributed by atoms with E-state index in [1.165, 1.54) is 40.4 Å². The van der Waals surface area contributed by atoms with Crippen LogP contribution in [0.2, 0.25) is 0 Å². The number of anilines is 1. The fourth-order valence-corrected chi connectivity index (χ4v) is 3.12. The third-order valence-corrected chi connectivity index (χ3v) is 4.63. The highest BCUT2D eigenvalue weighted by Crippen LogP contribution is 2.30. The van der Waals surface area contributed by atoms with E-state index in [1.807, 2.05) is 0 Å². The molecule has 0 fully saturated rings. The molecule has 0 atom stereocenters. The highest BCUT2D eigenvalue weighted by molar-refractivity contribution is 5.60. The van der Waals surface area contributed by atoms with Crippen molar-refractivity contribution >= 4 is 17.8 Å². The van der Waals surface area contributed by atoms with E-state index in [0.29, 0.717) is 0 Å². The standard InChI is InChI=1S/C10H13NO.C10H13N/c1-8-3-4-9-10(7-8)12-6-5-11(9)2;1-8-7-9-5-3-4-6-10(9)11(8)2/h3-4,7H,5-6H2,1-2H3;5-7H,3-4H2,1-2H3. The summed E-state index contributed by atoms with van der Waals surface area (Å²) in [5.74, 6) is 1.02. The van der Waals surface area contributed by atoms with Crippen molar-refractivity contribution in [2.45, 2.75) is 26.7 Å². The maximum Gasteiger partial charge on any atom is 0.142 e. The molecule has 1 aliphatic heterocycles. The Hall–Kier alpha value is -2.16. The van der Waals surface area contributed by atoms with Crippen LogP contribution in [0.5, 0.6) is 5.75 Å². The van der Waals surface area contributed by atoms with Gasteiger partial charge in [-0.1, -0.05) is 18.2 Å². The molecule has 0 unspecified atom stereocenters. The van der Waals surface area contributed by atoms with Gasteiger partial charge in [-0.05, 0) is 55.7 Å². The van der Waals surface area contributed by atoms with Crippen molar-refractivity contribution in [3.8, 4) is 5.75 Å². The smallest absolute Gasteiger partial charge is 0.142 e. The summed E-state index contributed by atoms with van der Waals surface area (Å²) in [5, 5.41) is 2.81. The van der Waals surface area contributed by atoms with Crippen LogP contribution in [0.1, 0.15) is 24.1 Å². The zero-order valence-corrected chi connectivity index (χ0v) is 14.6. The Morgan fingerprint density at radius 1 is 1.00 bits per heavy atom. The SMILES string of the molecule is Cc1cc2c(n1C)=CCCC=2.Cc1ccc2c(c1)OCCN2C. The molecule has 0 spiro atoms. The molecular weight excluding hydrogens is 284 g/mol. The number of hydrogen-bond acceptors (Lipinski definition) is 2. The van der Waals surface area contributed by atoms with Gasteiger partial charge in [0.15, 0.2) is 0 Å². The Balaban J connectivity index is 0.000000136. The molecule has 0 N–H and O–H groups in total. The lowest BCUT2D eigenvalue weighted by atomic mass is 10.2. The molecule has 1 aliphatic carbocycles. The second-order valence-corrected chi connectivity index (χ2v) is 6.41. The molecule has 1 aromatic carbocycles. The van der Waals surface area contributed by atoms with Crippen LogP contribution in [0.25, 0.3) is 12.2 Å². The number of aromatic nitrogens is 1. The average molecular weight is 310 g/mol. The Bertz CT molecular complexity index is 817. The third-order valence-electron chi connectivity index (χ3n) is 4.63. The lowest BCUT2D eigenvalue weighted by molar-refractivity contribution is 0.311. The van der Waals surface area contributed by atoms with Crippen molar-refractivity contribution in [1.82, 2.24) is 4.57 Å². The predicted molar refractivity (Wildman–Crippen MR) is 97.5 cm³/mol. The summed E-state index contributed by atoms with van der Waals surface area (Å²) in [7, 11) is 4.22. The van der Waals surface area contributed by atoms with Gasteiger partial charge in [0.05, 0.1) is 12.2 Å². The fourth-order valence-electron chi connectivity index (χ4n) is 3.12. The monoisotopic (exact) mass is 310 g/mol. The van der Waals surface area contributed by atoms with Crippen LogP contribution >= 0.6 is 0 Å². The molecule has 23 heavy (non-hydrogen) atoms. The van der Waals surface area contributed by atoms with Gasteiger partial charge >= 0.3 is 0 Å². The zero-order valence-electron chi connectivity index (χ0n) is 14.6. The van der Waals surface area contributed by atoms with Gasteiger partial charge in [0.2, 0.25) is 0 Å². The highest BCUT2D eigenvalue weighted by Gasteiger charge is 2.13. The van der Waals surface area contributed by atoms with Crippen molar-refractivity contribution in [1.29, 1.82) is 0 Å². The summed E-state index contributed by atoms with van der Waals surface area (Å²) in [6, 6.07) is 8.57. The Labute approximate surface area is 138 Å². The number of nitrogens with zero attached hydrogens (tertiary/aromatic N) is 2. The van der Waals surface area contributed by atoms with Crippen molar-refractivity contribution in [3.05, 3.63) is 46.1 Å². The summed E-state index contributed by atoms with van der Waals surface area (Å²) in [4.78, 5) is 2.22. The summed E-state index contributed by atoms with van der Waals surface area (Å²) in [6.45, 7) is 6.02. The summed E-state index contributed by atoms with van der Waals surface area (Å²) in [5.41, 5.74) is 3.81.